The summed E-state index contributed by atoms with van der Waals surface area (Å²) in [6, 6.07) is 5.92. The van der Waals surface area contributed by atoms with E-state index in [0.29, 0.717) is 4.77 Å². The maximum Gasteiger partial charge on any atom is 0.174 e. The summed E-state index contributed by atoms with van der Waals surface area (Å²) in [7, 11) is 0. The number of ether oxygens (including phenoxy) is 1. The van der Waals surface area contributed by atoms with Crippen LogP contribution in [0.1, 0.15) is 12.1 Å². The quantitative estimate of drug-likeness (QED) is 0.456. The first-order valence-corrected chi connectivity index (χ1v) is 9.22. The van der Waals surface area contributed by atoms with Gasteiger partial charge in [0, 0.05) is 22.1 Å². The summed E-state index contributed by atoms with van der Waals surface area (Å²) in [5.74, 6) is 2.88. The van der Waals surface area contributed by atoms with Crippen LogP contribution in [0.25, 0.3) is 0 Å². The lowest BCUT2D eigenvalue weighted by Crippen LogP contribution is -1.99. The zero-order valence-electron chi connectivity index (χ0n) is 10.6. The summed E-state index contributed by atoms with van der Waals surface area (Å²) >= 11 is 13.8. The van der Waals surface area contributed by atoms with E-state index in [1.165, 1.54) is 0 Å². The van der Waals surface area contributed by atoms with Crippen LogP contribution in [0.4, 0.5) is 0 Å². The molecule has 0 unspecified atom stereocenters. The predicted molar refractivity (Wildman–Crippen MR) is 94.1 cm³/mol. The van der Waals surface area contributed by atoms with Crippen LogP contribution in [-0.2, 0) is 5.75 Å². The number of H-pyrrole nitrogens is 2. The Morgan fingerprint density at radius 2 is 2.15 bits per heavy atom. The summed E-state index contributed by atoms with van der Waals surface area (Å²) in [6.45, 7) is 0.719. The van der Waals surface area contributed by atoms with E-state index in [4.69, 9.17) is 17.0 Å². The number of aromatic amines is 2. The van der Waals surface area contributed by atoms with Gasteiger partial charge in [0.2, 0.25) is 0 Å². The van der Waals surface area contributed by atoms with E-state index in [1.807, 2.05) is 36.2 Å². The van der Waals surface area contributed by atoms with Gasteiger partial charge < -0.3 is 14.7 Å². The summed E-state index contributed by atoms with van der Waals surface area (Å²) < 4.78 is 8.43. The molecule has 0 atom stereocenters. The Morgan fingerprint density at radius 3 is 2.85 bits per heavy atom. The first-order chi connectivity index (χ1) is 9.65. The van der Waals surface area contributed by atoms with Crippen molar-refractivity contribution in [2.45, 2.75) is 12.2 Å². The normalized spacial score (nSPS) is 10.7. The van der Waals surface area contributed by atoms with Crippen LogP contribution in [0.15, 0.2) is 33.3 Å². The lowest BCUT2D eigenvalue weighted by Gasteiger charge is -2.08. The van der Waals surface area contributed by atoms with Gasteiger partial charge in [0.15, 0.2) is 4.77 Å². The molecule has 108 valence electrons. The van der Waals surface area contributed by atoms with E-state index in [9.17, 15) is 0 Å². The maximum atomic E-state index is 5.74. The molecule has 3 nitrogen and oxygen atoms in total. The first kappa shape index (κ1) is 16.1. The number of halogens is 2. The molecule has 0 fully saturated rings. The molecule has 0 bridgehead atoms. The van der Waals surface area contributed by atoms with E-state index < -0.39 is 0 Å². The Morgan fingerprint density at radius 1 is 1.30 bits per heavy atom. The molecule has 1 aromatic heterocycles. The van der Waals surface area contributed by atoms with Crippen LogP contribution < -0.4 is 4.74 Å². The molecule has 0 aliphatic carbocycles. The molecule has 20 heavy (non-hydrogen) atoms. The van der Waals surface area contributed by atoms with Crippen molar-refractivity contribution in [2.75, 3.05) is 12.4 Å². The fourth-order valence-electron chi connectivity index (χ4n) is 1.57. The average molecular weight is 438 g/mol. The van der Waals surface area contributed by atoms with E-state index >= 15 is 0 Å². The minimum Gasteiger partial charge on any atom is -0.492 e. The molecule has 1 heterocycles. The van der Waals surface area contributed by atoms with Gasteiger partial charge in [-0.1, -0.05) is 15.9 Å². The van der Waals surface area contributed by atoms with Gasteiger partial charge in [0.05, 0.1) is 11.1 Å². The molecule has 0 radical (unpaired) electrons. The SMILES string of the molecule is S=c1[nH]cc(CSCCCOc2ccc(Br)cc2Br)[nH]1. The third kappa shape index (κ3) is 5.27. The lowest BCUT2D eigenvalue weighted by atomic mass is 10.3. The van der Waals surface area contributed by atoms with Crippen LogP contribution >= 0.6 is 55.8 Å². The van der Waals surface area contributed by atoms with Gasteiger partial charge in [-0.25, -0.2) is 0 Å². The molecule has 0 spiro atoms. The summed E-state index contributed by atoms with van der Waals surface area (Å²) in [6.07, 6.45) is 2.93. The second kappa shape index (κ2) is 8.26. The number of nitrogens with one attached hydrogen (secondary N) is 2. The summed E-state index contributed by atoms with van der Waals surface area (Å²) in [5, 5.41) is 0. The molecular weight excluding hydrogens is 424 g/mol. The maximum absolute atomic E-state index is 5.74. The molecule has 0 amide bonds. The van der Waals surface area contributed by atoms with E-state index in [1.54, 1.807) is 0 Å². The smallest absolute Gasteiger partial charge is 0.174 e. The molecule has 0 saturated carbocycles. The third-order valence-electron chi connectivity index (χ3n) is 2.49. The molecule has 2 aromatic rings. The number of hydrogen-bond acceptors (Lipinski definition) is 3. The highest BCUT2D eigenvalue weighted by molar-refractivity contribution is 9.11. The summed E-state index contributed by atoms with van der Waals surface area (Å²) in [5.41, 5.74) is 1.14. The van der Waals surface area contributed by atoms with Crippen LogP contribution in [-0.4, -0.2) is 22.3 Å². The zero-order valence-corrected chi connectivity index (χ0v) is 15.4. The molecular formula is C13H14Br2N2OS2. The van der Waals surface area contributed by atoms with Crippen LogP contribution in [0.2, 0.25) is 0 Å². The third-order valence-corrected chi connectivity index (χ3v) is 4.92. The van der Waals surface area contributed by atoms with Crippen molar-refractivity contribution < 1.29 is 4.74 Å². The summed E-state index contributed by atoms with van der Waals surface area (Å²) in [4.78, 5) is 6.07. The Balaban J connectivity index is 1.63. The fraction of sp³-hybridized carbons (Fsp3) is 0.308. The number of rotatable bonds is 7. The van der Waals surface area contributed by atoms with Crippen molar-refractivity contribution in [3.05, 3.63) is 43.8 Å². The van der Waals surface area contributed by atoms with E-state index in [2.05, 4.69) is 41.8 Å². The Kier molecular flexibility index (Phi) is 6.67. The van der Waals surface area contributed by atoms with Gasteiger partial charge in [0.25, 0.3) is 0 Å². The molecule has 0 aliphatic heterocycles. The van der Waals surface area contributed by atoms with Crippen molar-refractivity contribution in [3.8, 4) is 5.75 Å². The van der Waals surface area contributed by atoms with Crippen LogP contribution in [0, 0.1) is 4.77 Å². The minimum atomic E-state index is 0.684. The fourth-order valence-corrected chi connectivity index (χ4v) is 3.76. The Hall–Kier alpha value is -0.240. The Labute approximate surface area is 144 Å². The van der Waals surface area contributed by atoms with Gasteiger partial charge in [-0.3, -0.25) is 0 Å². The zero-order chi connectivity index (χ0) is 14.4. The van der Waals surface area contributed by atoms with Crippen molar-refractivity contribution >= 4 is 55.8 Å². The van der Waals surface area contributed by atoms with Crippen molar-refractivity contribution in [2.24, 2.45) is 0 Å². The van der Waals surface area contributed by atoms with Crippen molar-refractivity contribution in [1.82, 2.24) is 9.97 Å². The van der Waals surface area contributed by atoms with Gasteiger partial charge in [-0.2, -0.15) is 11.8 Å². The highest BCUT2D eigenvalue weighted by Crippen LogP contribution is 2.28. The molecule has 0 saturated heterocycles. The largest absolute Gasteiger partial charge is 0.492 e. The molecule has 2 N–H and O–H groups in total. The number of thioether (sulfide) groups is 1. The monoisotopic (exact) mass is 436 g/mol. The molecule has 2 rings (SSSR count). The van der Waals surface area contributed by atoms with Crippen molar-refractivity contribution in [1.29, 1.82) is 0 Å². The lowest BCUT2D eigenvalue weighted by molar-refractivity contribution is 0.316. The van der Waals surface area contributed by atoms with E-state index in [-0.39, 0.29) is 0 Å². The van der Waals surface area contributed by atoms with Crippen LogP contribution in [0.5, 0.6) is 5.75 Å². The highest BCUT2D eigenvalue weighted by Gasteiger charge is 2.01. The number of benzene rings is 1. The second-order valence-corrected chi connectivity index (χ2v) is 7.38. The Bertz CT molecular complexity index is 612. The van der Waals surface area contributed by atoms with Gasteiger partial charge in [0.1, 0.15) is 5.75 Å². The van der Waals surface area contributed by atoms with E-state index in [0.717, 1.165) is 44.9 Å². The van der Waals surface area contributed by atoms with Crippen LogP contribution in [0.3, 0.4) is 0 Å². The molecule has 7 heteroatoms. The highest BCUT2D eigenvalue weighted by atomic mass is 79.9. The predicted octanol–water partition coefficient (Wildman–Crippen LogP) is 5.30. The van der Waals surface area contributed by atoms with Gasteiger partial charge >= 0.3 is 0 Å². The second-order valence-electron chi connectivity index (χ2n) is 4.10. The minimum absolute atomic E-state index is 0.684. The number of imidazole rings is 1. The molecule has 0 aliphatic rings. The molecule has 1 aromatic carbocycles. The average Bonchev–Trinajstić information content (AvgIpc) is 2.81. The first-order valence-electron chi connectivity index (χ1n) is 6.07. The van der Waals surface area contributed by atoms with Gasteiger partial charge in [-0.05, 0) is 58.5 Å². The van der Waals surface area contributed by atoms with Gasteiger partial charge in [-0.15, -0.1) is 0 Å². The van der Waals surface area contributed by atoms with Crippen molar-refractivity contribution in [3.63, 3.8) is 0 Å². The topological polar surface area (TPSA) is 40.8 Å². The standard InChI is InChI=1S/C13H14Br2N2OS2/c14-9-2-3-12(11(15)6-9)18-4-1-5-20-8-10-7-16-13(19)17-10/h2-3,6-7H,1,4-5,8H2,(H2,16,17,19). The number of hydrogen-bond donors (Lipinski definition) is 2. The number of aromatic nitrogens is 2.